The van der Waals surface area contributed by atoms with Crippen LogP contribution in [0.15, 0.2) is 46.0 Å². The van der Waals surface area contributed by atoms with Gasteiger partial charge in [0.05, 0.1) is 18.6 Å². The van der Waals surface area contributed by atoms with Crippen molar-refractivity contribution in [3.05, 3.63) is 70.6 Å². The average Bonchev–Trinajstić information content (AvgIpc) is 3.16. The van der Waals surface area contributed by atoms with Crippen LogP contribution in [-0.4, -0.2) is 23.0 Å². The van der Waals surface area contributed by atoms with E-state index in [1.165, 1.54) is 31.0 Å². The molecule has 0 atom stereocenters. The van der Waals surface area contributed by atoms with Gasteiger partial charge in [0.2, 0.25) is 5.76 Å². The molecule has 0 aliphatic heterocycles. The molecule has 1 aromatic carbocycles. The number of carbonyl (C=O) groups is 1. The molecule has 0 aliphatic rings. The summed E-state index contributed by atoms with van der Waals surface area (Å²) in [6.07, 6.45) is 0.114. The number of nitrogen functional groups attached to an aromatic ring is 1. The molecule has 9 heteroatoms. The molecule has 0 saturated heterocycles. The summed E-state index contributed by atoms with van der Waals surface area (Å²) in [7, 11) is 1.27. The van der Waals surface area contributed by atoms with Crippen LogP contribution in [0, 0.1) is 17.1 Å². The van der Waals surface area contributed by atoms with Gasteiger partial charge >= 0.3 is 5.97 Å². The van der Waals surface area contributed by atoms with Gasteiger partial charge in [-0.05, 0) is 23.8 Å². The minimum Gasteiger partial charge on any atom is -0.463 e. The molecule has 28 heavy (non-hydrogen) atoms. The Morgan fingerprint density at radius 2 is 2.11 bits per heavy atom. The molecule has 0 unspecified atom stereocenters. The number of methoxy groups -OCH3 is 1. The lowest BCUT2D eigenvalue weighted by atomic mass is 10.1. The number of esters is 1. The molecule has 3 aromatic rings. The van der Waals surface area contributed by atoms with Crippen molar-refractivity contribution < 1.29 is 18.3 Å². The molecule has 2 N–H and O–H groups in total. The molecule has 2 aromatic heterocycles. The Labute approximate surface area is 164 Å². The number of ether oxygens (including phenoxy) is 1. The molecule has 0 amide bonds. The number of halogens is 1. The highest BCUT2D eigenvalue weighted by molar-refractivity contribution is 7.98. The Hall–Kier alpha value is -3.38. The summed E-state index contributed by atoms with van der Waals surface area (Å²) >= 11 is 1.22. The third-order valence-electron chi connectivity index (χ3n) is 3.81. The molecule has 3 rings (SSSR count). The van der Waals surface area contributed by atoms with E-state index in [9.17, 15) is 14.4 Å². The lowest BCUT2D eigenvalue weighted by Crippen LogP contribution is -2.06. The van der Waals surface area contributed by atoms with E-state index in [4.69, 9.17) is 10.2 Å². The summed E-state index contributed by atoms with van der Waals surface area (Å²) in [6.45, 7) is 0. The van der Waals surface area contributed by atoms with Crippen molar-refractivity contribution >= 4 is 23.5 Å². The maximum absolute atomic E-state index is 14.0. The maximum Gasteiger partial charge on any atom is 0.373 e. The molecule has 0 radical (unpaired) electrons. The molecule has 0 bridgehead atoms. The maximum atomic E-state index is 14.0. The fourth-order valence-electron chi connectivity index (χ4n) is 2.44. The summed E-state index contributed by atoms with van der Waals surface area (Å²) < 4.78 is 23.9. The van der Waals surface area contributed by atoms with Crippen molar-refractivity contribution in [2.75, 3.05) is 12.8 Å². The molecule has 0 spiro atoms. The summed E-state index contributed by atoms with van der Waals surface area (Å²) in [5, 5.41) is 9.67. The fourth-order valence-corrected chi connectivity index (χ4v) is 3.21. The number of nitrogens with two attached hydrogens (primary N) is 1. The zero-order valence-electron chi connectivity index (χ0n) is 14.8. The number of anilines is 1. The van der Waals surface area contributed by atoms with Crippen LogP contribution in [0.3, 0.4) is 0 Å². The van der Waals surface area contributed by atoms with Gasteiger partial charge in [-0.1, -0.05) is 30.0 Å². The van der Waals surface area contributed by atoms with Crippen LogP contribution in [0.4, 0.5) is 10.2 Å². The van der Waals surface area contributed by atoms with Gasteiger partial charge in [-0.25, -0.2) is 19.2 Å². The van der Waals surface area contributed by atoms with Crippen LogP contribution < -0.4 is 5.73 Å². The molecule has 0 fully saturated rings. The van der Waals surface area contributed by atoms with E-state index >= 15 is 0 Å². The lowest BCUT2D eigenvalue weighted by Gasteiger charge is -2.09. The zero-order chi connectivity index (χ0) is 20.1. The van der Waals surface area contributed by atoms with Gasteiger partial charge in [-0.3, -0.25) is 0 Å². The predicted octanol–water partition coefficient (Wildman–Crippen LogP) is 3.33. The molecular formula is C19H15FN4O3S. The average molecular weight is 398 g/mol. The van der Waals surface area contributed by atoms with Gasteiger partial charge in [0.15, 0.2) is 5.16 Å². The van der Waals surface area contributed by atoms with E-state index < -0.39 is 5.97 Å². The molecule has 0 aliphatic carbocycles. The van der Waals surface area contributed by atoms with Crippen LogP contribution in [-0.2, 0) is 16.9 Å². The fraction of sp³-hybridized carbons (Fsp3) is 0.158. The van der Waals surface area contributed by atoms with E-state index in [1.54, 1.807) is 24.3 Å². The van der Waals surface area contributed by atoms with Crippen molar-refractivity contribution in [3.8, 4) is 6.07 Å². The van der Waals surface area contributed by atoms with E-state index in [2.05, 4.69) is 14.7 Å². The highest BCUT2D eigenvalue weighted by Gasteiger charge is 2.16. The van der Waals surface area contributed by atoms with Gasteiger partial charge in [0.1, 0.15) is 29.0 Å². The minimum absolute atomic E-state index is 0.0287. The normalized spacial score (nSPS) is 10.5. The molecule has 7 nitrogen and oxygen atoms in total. The van der Waals surface area contributed by atoms with Gasteiger partial charge in [0, 0.05) is 6.42 Å². The number of rotatable bonds is 6. The van der Waals surface area contributed by atoms with Crippen molar-refractivity contribution in [2.45, 2.75) is 17.3 Å². The summed E-state index contributed by atoms with van der Waals surface area (Å²) in [5.41, 5.74) is 6.76. The predicted molar refractivity (Wildman–Crippen MR) is 100.0 cm³/mol. The van der Waals surface area contributed by atoms with Crippen LogP contribution in [0.2, 0.25) is 0 Å². The first kappa shape index (κ1) is 19.4. The van der Waals surface area contributed by atoms with E-state index in [0.717, 1.165) is 0 Å². The lowest BCUT2D eigenvalue weighted by molar-refractivity contribution is 0.0563. The first-order valence-corrected chi connectivity index (χ1v) is 9.10. The first-order valence-electron chi connectivity index (χ1n) is 8.11. The largest absolute Gasteiger partial charge is 0.463 e. The number of nitrogens with zero attached hydrogens (tertiary/aromatic N) is 3. The van der Waals surface area contributed by atoms with Crippen molar-refractivity contribution in [2.24, 2.45) is 0 Å². The Bertz CT molecular complexity index is 1060. The second-order valence-corrected chi connectivity index (χ2v) is 6.58. The standard InChI is InChI=1S/C19H15FN4O3S/c1-26-18(25)16-7-6-12(27-16)10-28-19-23-15(13(9-21)17(22)24-19)8-11-4-2-3-5-14(11)20/h2-7H,8,10H2,1H3,(H2,22,23,24). The quantitative estimate of drug-likeness (QED) is 0.382. The van der Waals surface area contributed by atoms with E-state index in [0.29, 0.717) is 27.9 Å². The Morgan fingerprint density at radius 1 is 1.32 bits per heavy atom. The molecule has 2 heterocycles. The molecule has 0 saturated carbocycles. The van der Waals surface area contributed by atoms with Crippen LogP contribution in [0.1, 0.15) is 33.1 Å². The monoisotopic (exact) mass is 398 g/mol. The van der Waals surface area contributed by atoms with Gasteiger partial charge in [0.25, 0.3) is 0 Å². The summed E-state index contributed by atoms with van der Waals surface area (Å²) in [6, 6.07) is 11.4. The first-order chi connectivity index (χ1) is 13.5. The summed E-state index contributed by atoms with van der Waals surface area (Å²) in [5.74, 6) is 0.0276. The number of furan rings is 1. The van der Waals surface area contributed by atoms with E-state index in [-0.39, 0.29) is 29.4 Å². The topological polar surface area (TPSA) is 115 Å². The van der Waals surface area contributed by atoms with Gasteiger partial charge in [-0.2, -0.15) is 5.26 Å². The number of carbonyl (C=O) groups excluding carboxylic acids is 1. The summed E-state index contributed by atoms with van der Waals surface area (Å²) in [4.78, 5) is 19.9. The smallest absolute Gasteiger partial charge is 0.373 e. The van der Waals surface area contributed by atoms with Crippen LogP contribution in [0.5, 0.6) is 0 Å². The Morgan fingerprint density at radius 3 is 2.82 bits per heavy atom. The van der Waals surface area contributed by atoms with Gasteiger partial charge in [-0.15, -0.1) is 0 Å². The number of hydrogen-bond acceptors (Lipinski definition) is 8. The Balaban J connectivity index is 1.81. The number of hydrogen-bond donors (Lipinski definition) is 1. The van der Waals surface area contributed by atoms with Crippen molar-refractivity contribution in [1.82, 2.24) is 9.97 Å². The molecule has 142 valence electrons. The van der Waals surface area contributed by atoms with E-state index in [1.807, 2.05) is 6.07 Å². The van der Waals surface area contributed by atoms with Crippen LogP contribution in [0.25, 0.3) is 0 Å². The van der Waals surface area contributed by atoms with Gasteiger partial charge < -0.3 is 14.9 Å². The SMILES string of the molecule is COC(=O)c1ccc(CSc2nc(N)c(C#N)c(Cc3ccccc3F)n2)o1. The second-order valence-electron chi connectivity index (χ2n) is 5.64. The van der Waals surface area contributed by atoms with Crippen molar-refractivity contribution in [1.29, 1.82) is 5.26 Å². The highest BCUT2D eigenvalue weighted by Crippen LogP contribution is 2.25. The second kappa shape index (κ2) is 8.54. The minimum atomic E-state index is -0.567. The number of nitriles is 1. The number of aromatic nitrogens is 2. The molecular weight excluding hydrogens is 383 g/mol. The Kier molecular flexibility index (Phi) is 5.91. The third-order valence-corrected chi connectivity index (χ3v) is 4.68. The van der Waals surface area contributed by atoms with Crippen molar-refractivity contribution in [3.63, 3.8) is 0 Å². The highest BCUT2D eigenvalue weighted by atomic mass is 32.2. The third kappa shape index (κ3) is 4.29. The van der Waals surface area contributed by atoms with Crippen LogP contribution >= 0.6 is 11.8 Å². The zero-order valence-corrected chi connectivity index (χ0v) is 15.6. The number of thioether (sulfide) groups is 1. The number of benzene rings is 1.